The first kappa shape index (κ1) is 13.7. The van der Waals surface area contributed by atoms with E-state index in [0.717, 1.165) is 24.1 Å². The van der Waals surface area contributed by atoms with Crippen molar-refractivity contribution in [3.8, 4) is 5.69 Å². The van der Waals surface area contributed by atoms with E-state index in [1.54, 1.807) is 4.68 Å². The molecule has 21 heavy (non-hydrogen) atoms. The lowest BCUT2D eigenvalue weighted by Gasteiger charge is -2.12. The lowest BCUT2D eigenvalue weighted by molar-refractivity contribution is -0.120. The molecule has 1 aromatic heterocycles. The van der Waals surface area contributed by atoms with Crippen molar-refractivity contribution in [3.63, 3.8) is 0 Å². The van der Waals surface area contributed by atoms with E-state index in [1.165, 1.54) is 6.33 Å². The van der Waals surface area contributed by atoms with E-state index in [0.29, 0.717) is 13.0 Å². The van der Waals surface area contributed by atoms with Crippen molar-refractivity contribution in [2.45, 2.75) is 19.3 Å². The number of carbonyl (C=O) groups is 1. The minimum Gasteiger partial charge on any atom is -0.396 e. The van der Waals surface area contributed by atoms with Gasteiger partial charge in [0.05, 0.1) is 18.7 Å². The van der Waals surface area contributed by atoms with Gasteiger partial charge in [-0.2, -0.15) is 0 Å². The minimum absolute atomic E-state index is 0.0232. The highest BCUT2D eigenvalue weighted by Crippen LogP contribution is 2.44. The summed E-state index contributed by atoms with van der Waals surface area (Å²) < 4.78 is 1.56. The van der Waals surface area contributed by atoms with Crippen LogP contribution in [0.2, 0.25) is 0 Å². The maximum absolute atomic E-state index is 11.9. The highest BCUT2D eigenvalue weighted by molar-refractivity contribution is 5.78. The van der Waals surface area contributed by atoms with Gasteiger partial charge in [-0.05, 0) is 41.0 Å². The van der Waals surface area contributed by atoms with E-state index >= 15 is 0 Å². The summed E-state index contributed by atoms with van der Waals surface area (Å²) in [5.41, 5.74) is 1.72. The Morgan fingerprint density at radius 1 is 1.33 bits per heavy atom. The number of tetrazole rings is 1. The number of aliphatic hydroxyl groups is 1. The van der Waals surface area contributed by atoms with E-state index in [4.69, 9.17) is 0 Å². The molecule has 2 N–H and O–H groups in total. The fourth-order valence-corrected chi connectivity index (χ4v) is 2.15. The fourth-order valence-electron chi connectivity index (χ4n) is 2.15. The molecule has 0 spiro atoms. The van der Waals surface area contributed by atoms with Crippen LogP contribution >= 0.6 is 0 Å². The molecule has 2 aromatic rings. The number of hydrogen-bond donors (Lipinski definition) is 2. The van der Waals surface area contributed by atoms with Gasteiger partial charge in [0.15, 0.2) is 0 Å². The molecule has 1 aliphatic rings. The third-order valence-electron chi connectivity index (χ3n) is 3.87. The Morgan fingerprint density at radius 3 is 2.67 bits per heavy atom. The van der Waals surface area contributed by atoms with Crippen LogP contribution in [0.15, 0.2) is 30.6 Å². The second kappa shape index (κ2) is 5.61. The summed E-state index contributed by atoms with van der Waals surface area (Å²) in [6.07, 6.45) is 3.83. The molecule has 1 aromatic carbocycles. The number of rotatable bonds is 6. The van der Waals surface area contributed by atoms with E-state index in [1.807, 2.05) is 24.3 Å². The molecule has 3 rings (SSSR count). The molecule has 1 fully saturated rings. The molecule has 7 heteroatoms. The van der Waals surface area contributed by atoms with E-state index < -0.39 is 0 Å². The van der Waals surface area contributed by atoms with Crippen LogP contribution in [0.4, 0.5) is 0 Å². The second-order valence-corrected chi connectivity index (χ2v) is 5.53. The van der Waals surface area contributed by atoms with Crippen molar-refractivity contribution < 1.29 is 9.90 Å². The second-order valence-electron chi connectivity index (χ2n) is 5.53. The molecule has 1 aliphatic carbocycles. The van der Waals surface area contributed by atoms with Crippen LogP contribution < -0.4 is 5.32 Å². The van der Waals surface area contributed by atoms with Crippen LogP contribution in [0.25, 0.3) is 5.69 Å². The normalized spacial score (nSPS) is 15.7. The number of carbonyl (C=O) groups excluding carboxylic acids is 1. The quantitative estimate of drug-likeness (QED) is 0.785. The standard InChI is InChI=1S/C14H17N5O2/c20-9-14(5-6-14)8-15-13(21)7-11-1-3-12(4-2-11)19-10-16-17-18-19/h1-4,10,20H,5-9H2,(H,15,21). The van der Waals surface area contributed by atoms with Crippen LogP contribution in [0.1, 0.15) is 18.4 Å². The molecule has 0 saturated heterocycles. The maximum atomic E-state index is 11.9. The van der Waals surface area contributed by atoms with Crippen molar-refractivity contribution in [2.75, 3.05) is 13.2 Å². The third-order valence-corrected chi connectivity index (χ3v) is 3.87. The summed E-state index contributed by atoms with van der Waals surface area (Å²) in [5.74, 6) is -0.0232. The molecule has 7 nitrogen and oxygen atoms in total. The van der Waals surface area contributed by atoms with Crippen molar-refractivity contribution in [3.05, 3.63) is 36.2 Å². The van der Waals surface area contributed by atoms with Crippen molar-refractivity contribution in [2.24, 2.45) is 5.41 Å². The van der Waals surface area contributed by atoms with Gasteiger partial charge in [-0.1, -0.05) is 12.1 Å². The summed E-state index contributed by atoms with van der Waals surface area (Å²) >= 11 is 0. The zero-order chi connectivity index (χ0) is 14.7. The van der Waals surface area contributed by atoms with Crippen LogP contribution in [0.5, 0.6) is 0 Å². The number of benzene rings is 1. The Morgan fingerprint density at radius 2 is 2.10 bits per heavy atom. The van der Waals surface area contributed by atoms with Crippen LogP contribution in [0.3, 0.4) is 0 Å². The predicted octanol–water partition coefficient (Wildman–Crippen LogP) is 0.0935. The molecule has 0 aliphatic heterocycles. The van der Waals surface area contributed by atoms with Gasteiger partial charge in [0.25, 0.3) is 0 Å². The van der Waals surface area contributed by atoms with Gasteiger partial charge in [-0.15, -0.1) is 5.10 Å². The number of aliphatic hydroxyl groups excluding tert-OH is 1. The van der Waals surface area contributed by atoms with Crippen LogP contribution in [-0.4, -0.2) is 44.4 Å². The first-order valence-electron chi connectivity index (χ1n) is 6.91. The highest BCUT2D eigenvalue weighted by Gasteiger charge is 2.41. The van der Waals surface area contributed by atoms with Gasteiger partial charge < -0.3 is 10.4 Å². The van der Waals surface area contributed by atoms with E-state index in [-0.39, 0.29) is 17.9 Å². The van der Waals surface area contributed by atoms with Gasteiger partial charge in [0.2, 0.25) is 5.91 Å². The van der Waals surface area contributed by atoms with Gasteiger partial charge in [-0.25, -0.2) is 4.68 Å². The highest BCUT2D eigenvalue weighted by atomic mass is 16.3. The number of nitrogens with zero attached hydrogens (tertiary/aromatic N) is 4. The summed E-state index contributed by atoms with van der Waals surface area (Å²) in [4.78, 5) is 11.9. The van der Waals surface area contributed by atoms with Gasteiger partial charge in [0.1, 0.15) is 6.33 Å². The van der Waals surface area contributed by atoms with Crippen LogP contribution in [-0.2, 0) is 11.2 Å². The van der Waals surface area contributed by atoms with Gasteiger partial charge in [-0.3, -0.25) is 4.79 Å². The number of nitrogens with one attached hydrogen (secondary N) is 1. The Kier molecular flexibility index (Phi) is 3.66. The fraction of sp³-hybridized carbons (Fsp3) is 0.429. The van der Waals surface area contributed by atoms with E-state index in [9.17, 15) is 9.90 Å². The maximum Gasteiger partial charge on any atom is 0.224 e. The molecule has 1 saturated carbocycles. The van der Waals surface area contributed by atoms with Gasteiger partial charge in [0, 0.05) is 12.0 Å². The molecular formula is C14H17N5O2. The van der Waals surface area contributed by atoms with Crippen LogP contribution in [0, 0.1) is 5.41 Å². The summed E-state index contributed by atoms with van der Waals surface area (Å²) in [7, 11) is 0. The lowest BCUT2D eigenvalue weighted by atomic mass is 10.1. The zero-order valence-electron chi connectivity index (χ0n) is 11.6. The molecule has 110 valence electrons. The SMILES string of the molecule is O=C(Cc1ccc(-n2cnnn2)cc1)NCC1(CO)CC1. The average molecular weight is 287 g/mol. The smallest absolute Gasteiger partial charge is 0.224 e. The molecule has 1 amide bonds. The number of amides is 1. The topological polar surface area (TPSA) is 92.9 Å². The zero-order valence-corrected chi connectivity index (χ0v) is 11.6. The Bertz CT molecular complexity index is 605. The van der Waals surface area contributed by atoms with Gasteiger partial charge >= 0.3 is 0 Å². The largest absolute Gasteiger partial charge is 0.396 e. The lowest BCUT2D eigenvalue weighted by Crippen LogP contribution is -2.32. The third kappa shape index (κ3) is 3.25. The molecule has 0 atom stereocenters. The molecule has 0 unspecified atom stereocenters. The summed E-state index contributed by atoms with van der Waals surface area (Å²) in [5, 5.41) is 23.1. The molecule has 0 radical (unpaired) electrons. The Labute approximate surface area is 122 Å². The minimum atomic E-state index is -0.0559. The average Bonchev–Trinajstić information content (AvgIpc) is 3.09. The summed E-state index contributed by atoms with van der Waals surface area (Å²) in [6.45, 7) is 0.707. The molecule has 0 bridgehead atoms. The molecular weight excluding hydrogens is 270 g/mol. The Hall–Kier alpha value is -2.28. The first-order valence-corrected chi connectivity index (χ1v) is 6.91. The van der Waals surface area contributed by atoms with Crippen molar-refractivity contribution in [1.29, 1.82) is 0 Å². The van der Waals surface area contributed by atoms with Crippen molar-refractivity contribution >= 4 is 5.91 Å². The van der Waals surface area contributed by atoms with E-state index in [2.05, 4.69) is 20.8 Å². The Balaban J connectivity index is 1.54. The number of aromatic nitrogens is 4. The molecule has 1 heterocycles. The van der Waals surface area contributed by atoms with Crippen molar-refractivity contribution in [1.82, 2.24) is 25.5 Å². The predicted molar refractivity (Wildman–Crippen MR) is 74.6 cm³/mol. The first-order chi connectivity index (χ1) is 10.2. The monoisotopic (exact) mass is 287 g/mol. The number of hydrogen-bond acceptors (Lipinski definition) is 5. The summed E-state index contributed by atoms with van der Waals surface area (Å²) in [6, 6.07) is 7.51.